The van der Waals surface area contributed by atoms with E-state index in [9.17, 15) is 0 Å². The molecule has 3 nitrogen and oxygen atoms in total. The Morgan fingerprint density at radius 2 is 2.11 bits per heavy atom. The van der Waals surface area contributed by atoms with E-state index >= 15 is 0 Å². The molecule has 2 N–H and O–H groups in total. The Bertz CT molecular complexity index is 107. The standard InChI is InChI=1S/C6H13N3/c1-8-3-6-2-5(8)4-9(6)7/h5-6H,2-4,7H2,1H3/t5-,6-/m1/s1. The van der Waals surface area contributed by atoms with Crippen LogP contribution in [0, 0.1) is 0 Å². The summed E-state index contributed by atoms with van der Waals surface area (Å²) in [6.45, 7) is 2.24. The number of rotatable bonds is 0. The van der Waals surface area contributed by atoms with Crippen LogP contribution in [0.15, 0.2) is 0 Å². The number of likely N-dealkylation sites (tertiary alicyclic amines) is 1. The summed E-state index contributed by atoms with van der Waals surface area (Å²) in [4.78, 5) is 2.40. The van der Waals surface area contributed by atoms with Crippen LogP contribution in [0.1, 0.15) is 6.42 Å². The molecule has 2 heterocycles. The highest BCUT2D eigenvalue weighted by Gasteiger charge is 2.39. The summed E-state index contributed by atoms with van der Waals surface area (Å²) in [6.07, 6.45) is 1.28. The molecule has 3 heteroatoms. The van der Waals surface area contributed by atoms with Crippen LogP contribution in [0.2, 0.25) is 0 Å². The number of nitrogens with two attached hydrogens (primary N) is 1. The van der Waals surface area contributed by atoms with Crippen molar-refractivity contribution in [1.29, 1.82) is 0 Å². The summed E-state index contributed by atoms with van der Waals surface area (Å²) in [5.41, 5.74) is 0. The topological polar surface area (TPSA) is 32.5 Å². The van der Waals surface area contributed by atoms with Crippen molar-refractivity contribution in [2.24, 2.45) is 5.84 Å². The van der Waals surface area contributed by atoms with Gasteiger partial charge in [0.25, 0.3) is 0 Å². The average Bonchev–Trinajstić information content (AvgIpc) is 2.24. The van der Waals surface area contributed by atoms with E-state index in [4.69, 9.17) is 5.84 Å². The fraction of sp³-hybridized carbons (Fsp3) is 1.00. The lowest BCUT2D eigenvalue weighted by molar-refractivity contribution is 0.151. The van der Waals surface area contributed by atoms with Crippen molar-refractivity contribution in [2.45, 2.75) is 18.5 Å². The van der Waals surface area contributed by atoms with Crippen molar-refractivity contribution in [3.63, 3.8) is 0 Å². The van der Waals surface area contributed by atoms with Gasteiger partial charge in [0.15, 0.2) is 0 Å². The Balaban J connectivity index is 2.10. The molecule has 2 bridgehead atoms. The second-order valence-electron chi connectivity index (χ2n) is 3.18. The number of fused-ring (bicyclic) bond motifs is 2. The molecule has 2 rings (SSSR count). The first kappa shape index (κ1) is 5.65. The van der Waals surface area contributed by atoms with E-state index in [1.165, 1.54) is 13.0 Å². The van der Waals surface area contributed by atoms with Crippen LogP contribution >= 0.6 is 0 Å². The summed E-state index contributed by atoms with van der Waals surface area (Å²) >= 11 is 0. The molecule has 0 spiro atoms. The lowest BCUT2D eigenvalue weighted by Gasteiger charge is -2.27. The Morgan fingerprint density at radius 1 is 1.33 bits per heavy atom. The molecule has 0 radical (unpaired) electrons. The van der Waals surface area contributed by atoms with Gasteiger partial charge in [-0.15, -0.1) is 0 Å². The van der Waals surface area contributed by atoms with E-state index in [1.807, 2.05) is 5.01 Å². The third-order valence-electron chi connectivity index (χ3n) is 2.56. The van der Waals surface area contributed by atoms with E-state index in [1.54, 1.807) is 0 Å². The normalized spacial score (nSPS) is 44.7. The summed E-state index contributed by atoms with van der Waals surface area (Å²) in [5.74, 6) is 5.69. The van der Waals surface area contributed by atoms with Crippen LogP contribution < -0.4 is 5.84 Å². The van der Waals surface area contributed by atoms with Crippen molar-refractivity contribution in [3.05, 3.63) is 0 Å². The van der Waals surface area contributed by atoms with Gasteiger partial charge in [-0.25, -0.2) is 5.01 Å². The molecular formula is C6H13N3. The zero-order valence-electron chi connectivity index (χ0n) is 5.75. The minimum absolute atomic E-state index is 0.653. The van der Waals surface area contributed by atoms with Crippen LogP contribution in [0.4, 0.5) is 0 Å². The van der Waals surface area contributed by atoms with E-state index in [2.05, 4.69) is 11.9 Å². The third kappa shape index (κ3) is 0.689. The second-order valence-corrected chi connectivity index (χ2v) is 3.18. The van der Waals surface area contributed by atoms with Gasteiger partial charge in [0, 0.05) is 25.2 Å². The molecular weight excluding hydrogens is 114 g/mol. The lowest BCUT2D eigenvalue weighted by atomic mass is 10.2. The second kappa shape index (κ2) is 1.68. The number of hydrogen-bond acceptors (Lipinski definition) is 3. The highest BCUT2D eigenvalue weighted by molar-refractivity contribution is 4.95. The first-order valence-corrected chi connectivity index (χ1v) is 3.49. The number of hydrogen-bond donors (Lipinski definition) is 1. The van der Waals surface area contributed by atoms with Gasteiger partial charge in [0.2, 0.25) is 0 Å². The van der Waals surface area contributed by atoms with Crippen LogP contribution in [-0.2, 0) is 0 Å². The molecule has 0 aromatic heterocycles. The van der Waals surface area contributed by atoms with Gasteiger partial charge in [-0.2, -0.15) is 0 Å². The fourth-order valence-corrected chi connectivity index (χ4v) is 1.90. The van der Waals surface area contributed by atoms with E-state index in [-0.39, 0.29) is 0 Å². The zero-order valence-corrected chi connectivity index (χ0v) is 5.75. The maximum Gasteiger partial charge on any atom is 0.0384 e. The third-order valence-corrected chi connectivity index (χ3v) is 2.56. The molecule has 0 amide bonds. The minimum Gasteiger partial charge on any atom is -0.300 e. The van der Waals surface area contributed by atoms with E-state index in [0.29, 0.717) is 6.04 Å². The Hall–Kier alpha value is -0.120. The number of hydrazine groups is 1. The lowest BCUT2D eigenvalue weighted by Crippen LogP contribution is -2.47. The molecule has 2 aliphatic rings. The first-order valence-electron chi connectivity index (χ1n) is 3.49. The largest absolute Gasteiger partial charge is 0.300 e. The quantitative estimate of drug-likeness (QED) is 0.434. The van der Waals surface area contributed by atoms with Crippen LogP contribution in [0.25, 0.3) is 0 Å². The molecule has 0 aliphatic carbocycles. The smallest absolute Gasteiger partial charge is 0.0384 e. The number of piperazine rings is 1. The number of likely N-dealkylation sites (N-methyl/N-ethyl adjacent to an activating group) is 1. The van der Waals surface area contributed by atoms with Crippen LogP contribution in [0.5, 0.6) is 0 Å². The van der Waals surface area contributed by atoms with Crippen LogP contribution in [-0.4, -0.2) is 42.1 Å². The monoisotopic (exact) mass is 127 g/mol. The zero-order chi connectivity index (χ0) is 6.43. The molecule has 0 unspecified atom stereocenters. The predicted molar refractivity (Wildman–Crippen MR) is 35.7 cm³/mol. The van der Waals surface area contributed by atoms with E-state index < -0.39 is 0 Å². The Labute approximate surface area is 55.4 Å². The van der Waals surface area contributed by atoms with Gasteiger partial charge in [0.1, 0.15) is 0 Å². The molecule has 2 atom stereocenters. The fourth-order valence-electron chi connectivity index (χ4n) is 1.90. The van der Waals surface area contributed by atoms with Crippen LogP contribution in [0.3, 0.4) is 0 Å². The molecule has 2 aliphatic heterocycles. The van der Waals surface area contributed by atoms with Crippen molar-refractivity contribution < 1.29 is 0 Å². The summed E-state index contributed by atoms with van der Waals surface area (Å²) in [6, 6.07) is 1.40. The van der Waals surface area contributed by atoms with Gasteiger partial charge < -0.3 is 4.90 Å². The maximum atomic E-state index is 5.69. The molecule has 0 saturated carbocycles. The SMILES string of the molecule is CN1C[C@H]2C[C@@H]1CN2N. The molecule has 0 aromatic rings. The minimum atomic E-state index is 0.653. The maximum absolute atomic E-state index is 5.69. The van der Waals surface area contributed by atoms with Crippen molar-refractivity contribution >= 4 is 0 Å². The van der Waals surface area contributed by atoms with Crippen molar-refractivity contribution in [3.8, 4) is 0 Å². The predicted octanol–water partition coefficient (Wildman–Crippen LogP) is -0.752. The van der Waals surface area contributed by atoms with Gasteiger partial charge in [0.05, 0.1) is 0 Å². The molecule has 2 saturated heterocycles. The first-order chi connectivity index (χ1) is 4.27. The number of nitrogens with zero attached hydrogens (tertiary/aromatic N) is 2. The highest BCUT2D eigenvalue weighted by Crippen LogP contribution is 2.25. The molecule has 52 valence electrons. The van der Waals surface area contributed by atoms with Crippen molar-refractivity contribution in [1.82, 2.24) is 9.91 Å². The van der Waals surface area contributed by atoms with E-state index in [0.717, 1.165) is 12.6 Å². The average molecular weight is 127 g/mol. The Morgan fingerprint density at radius 3 is 2.44 bits per heavy atom. The van der Waals surface area contributed by atoms with Gasteiger partial charge in [-0.3, -0.25) is 5.84 Å². The van der Waals surface area contributed by atoms with Gasteiger partial charge >= 0.3 is 0 Å². The molecule has 2 fully saturated rings. The molecule has 9 heavy (non-hydrogen) atoms. The van der Waals surface area contributed by atoms with Gasteiger partial charge in [-0.1, -0.05) is 0 Å². The molecule has 0 aromatic carbocycles. The highest BCUT2D eigenvalue weighted by atomic mass is 15.5. The summed E-state index contributed by atoms with van der Waals surface area (Å²) < 4.78 is 0. The summed E-state index contributed by atoms with van der Waals surface area (Å²) in [5, 5.41) is 1.98. The summed E-state index contributed by atoms with van der Waals surface area (Å²) in [7, 11) is 2.18. The van der Waals surface area contributed by atoms with Gasteiger partial charge in [-0.05, 0) is 13.5 Å². The Kier molecular flexibility index (Phi) is 1.06. The van der Waals surface area contributed by atoms with Crippen molar-refractivity contribution in [2.75, 3.05) is 20.1 Å².